The first-order valence-electron chi connectivity index (χ1n) is 3.29. The minimum atomic E-state index is 0.434. The van der Waals surface area contributed by atoms with Gasteiger partial charge in [-0.3, -0.25) is 0 Å². The third kappa shape index (κ3) is 1.47. The maximum atomic E-state index is 5.91. The SMILES string of the molecule is C=CCn1c(Cl)c(Cl)[n+](C)c1Cl. The van der Waals surface area contributed by atoms with Crippen molar-refractivity contribution in [3.63, 3.8) is 0 Å². The van der Waals surface area contributed by atoms with E-state index in [-0.39, 0.29) is 0 Å². The highest BCUT2D eigenvalue weighted by Crippen LogP contribution is 2.23. The molecular formula is C7H8Cl3N2+. The van der Waals surface area contributed by atoms with Gasteiger partial charge in [0, 0.05) is 11.6 Å². The highest BCUT2D eigenvalue weighted by molar-refractivity contribution is 6.40. The Morgan fingerprint density at radius 1 is 1.50 bits per heavy atom. The van der Waals surface area contributed by atoms with Crippen LogP contribution in [0.5, 0.6) is 0 Å². The number of aromatic nitrogens is 2. The van der Waals surface area contributed by atoms with Crippen LogP contribution in [-0.4, -0.2) is 4.57 Å². The van der Waals surface area contributed by atoms with Crippen molar-refractivity contribution in [1.82, 2.24) is 4.57 Å². The first-order chi connectivity index (χ1) is 5.59. The van der Waals surface area contributed by atoms with Gasteiger partial charge in [0.05, 0.1) is 7.05 Å². The lowest BCUT2D eigenvalue weighted by atomic mass is 10.6. The molecule has 0 amide bonds. The molecule has 1 aromatic rings. The van der Waals surface area contributed by atoms with Crippen molar-refractivity contribution in [2.24, 2.45) is 7.05 Å². The van der Waals surface area contributed by atoms with Gasteiger partial charge in [-0.25, -0.2) is 4.57 Å². The Kier molecular flexibility index (Phi) is 3.04. The van der Waals surface area contributed by atoms with Gasteiger partial charge in [-0.15, -0.1) is 0 Å². The highest BCUT2D eigenvalue weighted by Gasteiger charge is 2.23. The number of hydrogen-bond donors (Lipinski definition) is 0. The smallest absolute Gasteiger partial charge is 0.205 e. The minimum Gasteiger partial charge on any atom is -0.205 e. The molecule has 1 aromatic heterocycles. The lowest BCUT2D eigenvalue weighted by Gasteiger charge is -1.90. The van der Waals surface area contributed by atoms with Crippen LogP contribution in [0.25, 0.3) is 0 Å². The first kappa shape index (κ1) is 9.90. The topological polar surface area (TPSA) is 8.81 Å². The molecule has 5 heteroatoms. The van der Waals surface area contributed by atoms with E-state index >= 15 is 0 Å². The van der Waals surface area contributed by atoms with Crippen molar-refractivity contribution < 1.29 is 4.57 Å². The predicted octanol–water partition coefficient (Wildman–Crippen LogP) is 2.46. The summed E-state index contributed by atoms with van der Waals surface area (Å²) in [6.07, 6.45) is 1.70. The Labute approximate surface area is 86.0 Å². The summed E-state index contributed by atoms with van der Waals surface area (Å²) >= 11 is 17.6. The lowest BCUT2D eigenvalue weighted by molar-refractivity contribution is -0.666. The Morgan fingerprint density at radius 2 is 2.08 bits per heavy atom. The Hall–Kier alpha value is -0.180. The predicted molar refractivity (Wildman–Crippen MR) is 50.8 cm³/mol. The van der Waals surface area contributed by atoms with E-state index < -0.39 is 0 Å². The average molecular weight is 227 g/mol. The van der Waals surface area contributed by atoms with E-state index in [0.29, 0.717) is 22.1 Å². The second-order valence-corrected chi connectivity index (χ2v) is 3.36. The van der Waals surface area contributed by atoms with E-state index in [1.807, 2.05) is 0 Å². The van der Waals surface area contributed by atoms with E-state index in [1.54, 1.807) is 22.3 Å². The Morgan fingerprint density at radius 3 is 2.42 bits per heavy atom. The van der Waals surface area contributed by atoms with Gasteiger partial charge in [-0.1, -0.05) is 12.7 Å². The lowest BCUT2D eigenvalue weighted by Crippen LogP contribution is -2.28. The third-order valence-electron chi connectivity index (χ3n) is 1.51. The van der Waals surface area contributed by atoms with E-state index in [4.69, 9.17) is 34.8 Å². The number of rotatable bonds is 2. The zero-order valence-corrected chi connectivity index (χ0v) is 8.79. The molecule has 0 fully saturated rings. The van der Waals surface area contributed by atoms with Gasteiger partial charge in [-0.2, -0.15) is 4.57 Å². The second kappa shape index (κ2) is 3.69. The number of halogens is 3. The summed E-state index contributed by atoms with van der Waals surface area (Å²) in [4.78, 5) is 0. The van der Waals surface area contributed by atoms with Gasteiger partial charge < -0.3 is 0 Å². The van der Waals surface area contributed by atoms with Gasteiger partial charge in [0.1, 0.15) is 6.54 Å². The number of allylic oxidation sites excluding steroid dienone is 1. The third-order valence-corrected chi connectivity index (χ3v) is 2.88. The minimum absolute atomic E-state index is 0.434. The maximum Gasteiger partial charge on any atom is 0.357 e. The van der Waals surface area contributed by atoms with Crippen LogP contribution in [0, 0.1) is 0 Å². The fraction of sp³-hybridized carbons (Fsp3) is 0.286. The molecule has 0 N–H and O–H groups in total. The van der Waals surface area contributed by atoms with Crippen LogP contribution in [-0.2, 0) is 13.6 Å². The summed E-state index contributed by atoms with van der Waals surface area (Å²) in [5.41, 5.74) is 0. The van der Waals surface area contributed by atoms with Crippen molar-refractivity contribution >= 4 is 34.8 Å². The molecule has 0 atom stereocenters. The molecule has 66 valence electrons. The average Bonchev–Trinajstić information content (AvgIpc) is 2.23. The zero-order valence-electron chi connectivity index (χ0n) is 6.52. The number of hydrogen-bond acceptors (Lipinski definition) is 0. The number of imidazole rings is 1. The van der Waals surface area contributed by atoms with Crippen LogP contribution >= 0.6 is 34.8 Å². The van der Waals surface area contributed by atoms with Crippen LogP contribution in [0.4, 0.5) is 0 Å². The molecule has 0 saturated heterocycles. The molecule has 0 aliphatic carbocycles. The van der Waals surface area contributed by atoms with Crippen LogP contribution in [0.1, 0.15) is 0 Å². The fourth-order valence-electron chi connectivity index (χ4n) is 0.877. The quantitative estimate of drug-likeness (QED) is 0.541. The van der Waals surface area contributed by atoms with Crippen molar-refractivity contribution in [1.29, 1.82) is 0 Å². The molecule has 1 rings (SSSR count). The molecule has 0 aliphatic heterocycles. The second-order valence-electron chi connectivity index (χ2n) is 2.31. The molecular weight excluding hydrogens is 218 g/mol. The molecule has 2 nitrogen and oxygen atoms in total. The van der Waals surface area contributed by atoms with E-state index in [1.165, 1.54) is 0 Å². The number of nitrogens with zero attached hydrogens (tertiary/aromatic N) is 2. The summed E-state index contributed by atoms with van der Waals surface area (Å²) in [7, 11) is 1.75. The normalized spacial score (nSPS) is 10.3. The van der Waals surface area contributed by atoms with Crippen molar-refractivity contribution in [2.75, 3.05) is 0 Å². The largest absolute Gasteiger partial charge is 0.357 e. The van der Waals surface area contributed by atoms with Crippen molar-refractivity contribution in [2.45, 2.75) is 6.54 Å². The van der Waals surface area contributed by atoms with Crippen LogP contribution in [0.15, 0.2) is 12.7 Å². The molecule has 12 heavy (non-hydrogen) atoms. The molecule has 0 bridgehead atoms. The maximum absolute atomic E-state index is 5.91. The van der Waals surface area contributed by atoms with E-state index in [9.17, 15) is 0 Å². The summed E-state index contributed by atoms with van der Waals surface area (Å²) in [6.45, 7) is 4.14. The molecule has 0 unspecified atom stereocenters. The van der Waals surface area contributed by atoms with Gasteiger partial charge >= 0.3 is 5.28 Å². The molecule has 0 spiro atoms. The fourth-order valence-corrected chi connectivity index (χ4v) is 1.66. The van der Waals surface area contributed by atoms with E-state index in [0.717, 1.165) is 0 Å². The first-order valence-corrected chi connectivity index (χ1v) is 4.43. The molecule has 0 radical (unpaired) electrons. The van der Waals surface area contributed by atoms with Gasteiger partial charge in [-0.05, 0) is 23.2 Å². The molecule has 0 aromatic carbocycles. The van der Waals surface area contributed by atoms with Gasteiger partial charge in [0.15, 0.2) is 0 Å². The van der Waals surface area contributed by atoms with Crippen LogP contribution in [0.2, 0.25) is 15.6 Å². The zero-order chi connectivity index (χ0) is 9.30. The van der Waals surface area contributed by atoms with E-state index in [2.05, 4.69) is 6.58 Å². The Balaban J connectivity index is 3.27. The van der Waals surface area contributed by atoms with Crippen LogP contribution in [0.3, 0.4) is 0 Å². The molecule has 1 heterocycles. The van der Waals surface area contributed by atoms with Gasteiger partial charge in [0.2, 0.25) is 0 Å². The Bertz CT molecular complexity index is 291. The summed E-state index contributed by atoms with van der Waals surface area (Å²) in [6, 6.07) is 0. The van der Waals surface area contributed by atoms with Crippen molar-refractivity contribution in [3.05, 3.63) is 28.2 Å². The molecule has 0 saturated carbocycles. The van der Waals surface area contributed by atoms with Crippen LogP contribution < -0.4 is 4.57 Å². The molecule has 0 aliphatic rings. The van der Waals surface area contributed by atoms with Gasteiger partial charge in [0.25, 0.3) is 10.3 Å². The summed E-state index contributed by atoms with van der Waals surface area (Å²) in [5.74, 6) is 0. The summed E-state index contributed by atoms with van der Waals surface area (Å²) < 4.78 is 3.27. The van der Waals surface area contributed by atoms with Crippen molar-refractivity contribution in [3.8, 4) is 0 Å². The standard InChI is InChI=1S/C7H8Cl3N2/c1-3-4-12-6(9)5(8)11(2)7(12)10/h3H,1,4H2,2H3/q+1. The monoisotopic (exact) mass is 225 g/mol. The highest BCUT2D eigenvalue weighted by atomic mass is 35.5. The summed E-state index contributed by atoms with van der Waals surface area (Å²) in [5, 5.41) is 1.36.